The second-order valence-electron chi connectivity index (χ2n) is 2.48. The van der Waals surface area contributed by atoms with E-state index in [0.717, 1.165) is 0 Å². The molecular formula is C7H17NO2. The van der Waals surface area contributed by atoms with Gasteiger partial charge >= 0.3 is 0 Å². The van der Waals surface area contributed by atoms with Crippen LogP contribution >= 0.6 is 0 Å². The Bertz CT molecular complexity index is 72.0. The lowest BCUT2D eigenvalue weighted by Crippen LogP contribution is -2.28. The van der Waals surface area contributed by atoms with E-state index >= 15 is 0 Å². The average molecular weight is 147 g/mol. The van der Waals surface area contributed by atoms with Gasteiger partial charge in [0.15, 0.2) is 0 Å². The number of methoxy groups -OCH3 is 1. The van der Waals surface area contributed by atoms with E-state index in [-0.39, 0.29) is 12.2 Å². The molecule has 0 rings (SSSR count). The van der Waals surface area contributed by atoms with Gasteiger partial charge in [0.1, 0.15) is 0 Å². The SMILES string of the molecule is COC(CN)COC(C)C. The molecule has 1 unspecified atom stereocenters. The number of rotatable bonds is 5. The Labute approximate surface area is 62.5 Å². The van der Waals surface area contributed by atoms with Gasteiger partial charge in [0.25, 0.3) is 0 Å². The average Bonchev–Trinajstić information content (AvgIpc) is 1.90. The lowest BCUT2D eigenvalue weighted by atomic mass is 10.4. The highest BCUT2D eigenvalue weighted by molar-refractivity contribution is 4.55. The van der Waals surface area contributed by atoms with Gasteiger partial charge in [-0.2, -0.15) is 0 Å². The number of hydrogen-bond acceptors (Lipinski definition) is 3. The Morgan fingerprint density at radius 3 is 2.30 bits per heavy atom. The molecule has 62 valence electrons. The molecule has 0 aromatic heterocycles. The van der Waals surface area contributed by atoms with E-state index in [0.29, 0.717) is 13.2 Å². The van der Waals surface area contributed by atoms with Crippen LogP contribution in [0.3, 0.4) is 0 Å². The second-order valence-corrected chi connectivity index (χ2v) is 2.48. The molecule has 0 bridgehead atoms. The van der Waals surface area contributed by atoms with E-state index in [4.69, 9.17) is 15.2 Å². The standard InChI is InChI=1S/C7H17NO2/c1-6(2)10-5-7(4-8)9-3/h6-7H,4-5,8H2,1-3H3. The summed E-state index contributed by atoms with van der Waals surface area (Å²) in [6.07, 6.45) is 0.298. The second kappa shape index (κ2) is 5.65. The fourth-order valence-electron chi connectivity index (χ4n) is 0.532. The molecule has 0 aromatic carbocycles. The van der Waals surface area contributed by atoms with Crippen molar-refractivity contribution in [3.05, 3.63) is 0 Å². The van der Waals surface area contributed by atoms with Crippen molar-refractivity contribution in [3.8, 4) is 0 Å². The third-order valence-electron chi connectivity index (χ3n) is 1.21. The molecule has 3 heteroatoms. The smallest absolute Gasteiger partial charge is 0.0926 e. The van der Waals surface area contributed by atoms with Crippen molar-refractivity contribution in [2.24, 2.45) is 5.73 Å². The molecule has 0 aliphatic carbocycles. The zero-order valence-electron chi connectivity index (χ0n) is 6.96. The first-order valence-electron chi connectivity index (χ1n) is 3.55. The molecule has 0 aliphatic rings. The molecular weight excluding hydrogens is 130 g/mol. The number of hydrogen-bond donors (Lipinski definition) is 1. The van der Waals surface area contributed by atoms with E-state index in [2.05, 4.69) is 0 Å². The van der Waals surface area contributed by atoms with E-state index in [1.807, 2.05) is 13.8 Å². The maximum atomic E-state index is 5.36. The van der Waals surface area contributed by atoms with Crippen molar-refractivity contribution in [2.75, 3.05) is 20.3 Å². The molecule has 0 aromatic rings. The molecule has 0 saturated carbocycles. The summed E-state index contributed by atoms with van der Waals surface area (Å²) >= 11 is 0. The Kier molecular flexibility index (Phi) is 5.58. The fraction of sp³-hybridized carbons (Fsp3) is 1.00. The zero-order chi connectivity index (χ0) is 7.98. The summed E-state index contributed by atoms with van der Waals surface area (Å²) in [5.74, 6) is 0. The van der Waals surface area contributed by atoms with Crippen LogP contribution in [0.15, 0.2) is 0 Å². The molecule has 2 N–H and O–H groups in total. The van der Waals surface area contributed by atoms with Crippen LogP contribution in [0.25, 0.3) is 0 Å². The lowest BCUT2D eigenvalue weighted by Gasteiger charge is -2.14. The molecule has 0 radical (unpaired) electrons. The number of ether oxygens (including phenoxy) is 2. The highest BCUT2D eigenvalue weighted by Crippen LogP contribution is 1.92. The van der Waals surface area contributed by atoms with Crippen LogP contribution in [0, 0.1) is 0 Å². The molecule has 10 heavy (non-hydrogen) atoms. The van der Waals surface area contributed by atoms with Crippen LogP contribution in [-0.4, -0.2) is 32.5 Å². The Hall–Kier alpha value is -0.120. The summed E-state index contributed by atoms with van der Waals surface area (Å²) in [6.45, 7) is 5.08. The van der Waals surface area contributed by atoms with Crippen molar-refractivity contribution >= 4 is 0 Å². The monoisotopic (exact) mass is 147 g/mol. The van der Waals surface area contributed by atoms with Crippen molar-refractivity contribution < 1.29 is 9.47 Å². The molecule has 3 nitrogen and oxygen atoms in total. The van der Waals surface area contributed by atoms with Crippen molar-refractivity contribution in [3.63, 3.8) is 0 Å². The first kappa shape index (κ1) is 9.88. The third-order valence-corrected chi connectivity index (χ3v) is 1.21. The van der Waals surface area contributed by atoms with Crippen molar-refractivity contribution in [1.29, 1.82) is 0 Å². The van der Waals surface area contributed by atoms with Gasteiger partial charge in [0, 0.05) is 13.7 Å². The van der Waals surface area contributed by atoms with Crippen LogP contribution in [-0.2, 0) is 9.47 Å². The van der Waals surface area contributed by atoms with E-state index in [9.17, 15) is 0 Å². The van der Waals surface area contributed by atoms with Gasteiger partial charge in [0.2, 0.25) is 0 Å². The Morgan fingerprint density at radius 2 is 2.00 bits per heavy atom. The van der Waals surface area contributed by atoms with Crippen molar-refractivity contribution in [2.45, 2.75) is 26.1 Å². The molecule has 0 fully saturated rings. The summed E-state index contributed by atoms with van der Waals surface area (Å²) in [5.41, 5.74) is 5.36. The van der Waals surface area contributed by atoms with Gasteiger partial charge in [-0.25, -0.2) is 0 Å². The van der Waals surface area contributed by atoms with Crippen LogP contribution in [0.1, 0.15) is 13.8 Å². The van der Waals surface area contributed by atoms with Gasteiger partial charge in [-0.05, 0) is 13.8 Å². The van der Waals surface area contributed by atoms with E-state index in [1.165, 1.54) is 0 Å². The third kappa shape index (κ3) is 4.73. The molecule has 0 spiro atoms. The predicted octanol–water partition coefficient (Wildman–Crippen LogP) is 0.385. The predicted molar refractivity (Wildman–Crippen MR) is 40.9 cm³/mol. The van der Waals surface area contributed by atoms with Gasteiger partial charge in [-0.1, -0.05) is 0 Å². The normalized spacial score (nSPS) is 14.1. The summed E-state index contributed by atoms with van der Waals surface area (Å²) in [7, 11) is 1.64. The summed E-state index contributed by atoms with van der Waals surface area (Å²) < 4.78 is 10.3. The number of nitrogens with two attached hydrogens (primary N) is 1. The summed E-state index contributed by atoms with van der Waals surface area (Å²) in [6, 6.07) is 0. The Morgan fingerprint density at radius 1 is 1.40 bits per heavy atom. The largest absolute Gasteiger partial charge is 0.378 e. The molecule has 0 heterocycles. The van der Waals surface area contributed by atoms with Crippen LogP contribution in [0.4, 0.5) is 0 Å². The van der Waals surface area contributed by atoms with Crippen LogP contribution < -0.4 is 5.73 Å². The van der Waals surface area contributed by atoms with E-state index in [1.54, 1.807) is 7.11 Å². The minimum Gasteiger partial charge on any atom is -0.378 e. The maximum absolute atomic E-state index is 5.36. The van der Waals surface area contributed by atoms with Crippen LogP contribution in [0.2, 0.25) is 0 Å². The molecule has 0 saturated heterocycles. The summed E-state index contributed by atoms with van der Waals surface area (Å²) in [4.78, 5) is 0. The van der Waals surface area contributed by atoms with E-state index < -0.39 is 0 Å². The van der Waals surface area contributed by atoms with Crippen molar-refractivity contribution in [1.82, 2.24) is 0 Å². The first-order chi connectivity index (χ1) is 4.70. The summed E-state index contributed by atoms with van der Waals surface area (Å²) in [5, 5.41) is 0. The van der Waals surface area contributed by atoms with Gasteiger partial charge in [0.05, 0.1) is 18.8 Å². The topological polar surface area (TPSA) is 44.5 Å². The lowest BCUT2D eigenvalue weighted by molar-refractivity contribution is -0.0109. The first-order valence-corrected chi connectivity index (χ1v) is 3.55. The highest BCUT2D eigenvalue weighted by atomic mass is 16.5. The van der Waals surface area contributed by atoms with Crippen LogP contribution in [0.5, 0.6) is 0 Å². The van der Waals surface area contributed by atoms with Gasteiger partial charge < -0.3 is 15.2 Å². The molecule has 1 atom stereocenters. The quantitative estimate of drug-likeness (QED) is 0.611. The zero-order valence-corrected chi connectivity index (χ0v) is 6.96. The molecule has 0 amide bonds. The van der Waals surface area contributed by atoms with Gasteiger partial charge in [-0.15, -0.1) is 0 Å². The minimum atomic E-state index is 0.0439. The minimum absolute atomic E-state index is 0.0439. The molecule has 0 aliphatic heterocycles. The highest BCUT2D eigenvalue weighted by Gasteiger charge is 2.04. The Balaban J connectivity index is 3.26. The fourth-order valence-corrected chi connectivity index (χ4v) is 0.532. The maximum Gasteiger partial charge on any atom is 0.0926 e. The van der Waals surface area contributed by atoms with Gasteiger partial charge in [-0.3, -0.25) is 0 Å².